The van der Waals surface area contributed by atoms with E-state index in [1.165, 1.54) is 0 Å². The third-order valence-electron chi connectivity index (χ3n) is 2.23. The molecule has 88 valence electrons. The van der Waals surface area contributed by atoms with E-state index in [0.29, 0.717) is 0 Å². The molecule has 5 heteroatoms. The van der Waals surface area contributed by atoms with Crippen LogP contribution in [-0.4, -0.2) is 10.5 Å². The second kappa shape index (κ2) is 7.49. The van der Waals surface area contributed by atoms with E-state index in [1.807, 2.05) is 48.5 Å². The molecule has 0 aromatic heterocycles. The summed E-state index contributed by atoms with van der Waals surface area (Å²) in [6.07, 6.45) is 1.69. The van der Waals surface area contributed by atoms with E-state index in [4.69, 9.17) is 0 Å². The van der Waals surface area contributed by atoms with Gasteiger partial charge in [0.15, 0.2) is 0 Å². The summed E-state index contributed by atoms with van der Waals surface area (Å²) in [6.45, 7) is 0. The van der Waals surface area contributed by atoms with Crippen LogP contribution in [0.5, 0.6) is 0 Å². The Morgan fingerprint density at radius 1 is 1.11 bits per heavy atom. The van der Waals surface area contributed by atoms with Gasteiger partial charge >= 0.3 is 19.5 Å². The molecule has 0 amide bonds. The predicted molar refractivity (Wildman–Crippen MR) is 76.6 cm³/mol. The molecule has 0 N–H and O–H groups in total. The van der Waals surface area contributed by atoms with Crippen LogP contribution in [0.2, 0.25) is 0 Å². The standard InChI is InChI=1S/C13H12OS3.Zn/c1-17(14)11-7-8-12(15)13(9-11)16-10-5-3-2-4-6-10;/h2-9,15H,1H3;/q;+2. The van der Waals surface area contributed by atoms with Gasteiger partial charge in [0.25, 0.3) is 0 Å². The first-order valence-corrected chi connectivity index (χ1v) is 7.88. The summed E-state index contributed by atoms with van der Waals surface area (Å²) in [5, 5.41) is 0. The van der Waals surface area contributed by atoms with E-state index in [1.54, 1.807) is 18.0 Å². The minimum Gasteiger partial charge on any atom is -0.255 e. The Bertz CT molecular complexity index is 543. The monoisotopic (exact) mass is 344 g/mol. The van der Waals surface area contributed by atoms with E-state index in [-0.39, 0.29) is 19.5 Å². The van der Waals surface area contributed by atoms with Crippen molar-refractivity contribution in [3.63, 3.8) is 0 Å². The number of benzene rings is 2. The molecular formula is C13H12OS3Zn+2. The zero-order chi connectivity index (χ0) is 12.3. The van der Waals surface area contributed by atoms with Crippen molar-refractivity contribution in [3.05, 3.63) is 48.5 Å². The Morgan fingerprint density at radius 2 is 1.78 bits per heavy atom. The van der Waals surface area contributed by atoms with Crippen molar-refractivity contribution in [1.82, 2.24) is 0 Å². The van der Waals surface area contributed by atoms with Crippen LogP contribution in [0.25, 0.3) is 0 Å². The summed E-state index contributed by atoms with van der Waals surface area (Å²) in [7, 11) is -0.953. The van der Waals surface area contributed by atoms with Crippen molar-refractivity contribution >= 4 is 35.2 Å². The van der Waals surface area contributed by atoms with Gasteiger partial charge in [-0.3, -0.25) is 4.21 Å². The SMILES string of the molecule is CS(=O)c1ccc(S)c(Sc2ccccc2)c1.[Zn+2]. The number of hydrogen-bond donors (Lipinski definition) is 1. The molecule has 2 aromatic carbocycles. The normalized spacial score (nSPS) is 11.7. The fourth-order valence-corrected chi connectivity index (χ4v) is 3.17. The van der Waals surface area contributed by atoms with Crippen LogP contribution in [0.15, 0.2) is 68.1 Å². The molecule has 0 heterocycles. The van der Waals surface area contributed by atoms with Gasteiger partial charge in [-0.1, -0.05) is 30.0 Å². The van der Waals surface area contributed by atoms with Crippen LogP contribution in [0.4, 0.5) is 0 Å². The first-order valence-electron chi connectivity index (χ1n) is 5.06. The van der Waals surface area contributed by atoms with Gasteiger partial charge in [-0.05, 0) is 30.3 Å². The average Bonchev–Trinajstić information content (AvgIpc) is 2.33. The van der Waals surface area contributed by atoms with Gasteiger partial charge in [-0.15, -0.1) is 12.6 Å². The molecule has 0 bridgehead atoms. The molecule has 1 nitrogen and oxygen atoms in total. The van der Waals surface area contributed by atoms with Gasteiger partial charge < -0.3 is 0 Å². The van der Waals surface area contributed by atoms with E-state index >= 15 is 0 Å². The van der Waals surface area contributed by atoms with Crippen LogP contribution in [0, 0.1) is 0 Å². The second-order valence-corrected chi connectivity index (χ2v) is 6.48. The molecule has 0 aliphatic carbocycles. The van der Waals surface area contributed by atoms with Gasteiger partial charge in [-0.25, -0.2) is 0 Å². The van der Waals surface area contributed by atoms with Crippen molar-refractivity contribution in [2.24, 2.45) is 0 Å². The number of thiol groups is 1. The van der Waals surface area contributed by atoms with Crippen LogP contribution in [0.3, 0.4) is 0 Å². The first-order chi connectivity index (χ1) is 8.16. The zero-order valence-corrected chi connectivity index (χ0v) is 15.5. The first kappa shape index (κ1) is 16.0. The molecular weight excluding hydrogens is 334 g/mol. The minimum absolute atomic E-state index is 0. The molecule has 0 fully saturated rings. The summed E-state index contributed by atoms with van der Waals surface area (Å²) < 4.78 is 11.4. The van der Waals surface area contributed by atoms with Gasteiger partial charge in [0.2, 0.25) is 0 Å². The predicted octanol–water partition coefficient (Wildman–Crippen LogP) is 3.86. The molecule has 18 heavy (non-hydrogen) atoms. The Labute approximate surface area is 132 Å². The van der Waals surface area contributed by atoms with Gasteiger partial charge in [0, 0.05) is 36.6 Å². The summed E-state index contributed by atoms with van der Waals surface area (Å²) in [6, 6.07) is 15.8. The fourth-order valence-electron chi connectivity index (χ4n) is 1.37. The topological polar surface area (TPSA) is 17.1 Å². The Hall–Kier alpha value is -0.0866. The van der Waals surface area contributed by atoms with Crippen LogP contribution in [-0.2, 0) is 30.3 Å². The van der Waals surface area contributed by atoms with Gasteiger partial charge in [0.1, 0.15) is 0 Å². The third-order valence-corrected chi connectivity index (χ3v) is 4.76. The Morgan fingerprint density at radius 3 is 2.39 bits per heavy atom. The van der Waals surface area contributed by atoms with Crippen molar-refractivity contribution in [3.8, 4) is 0 Å². The molecule has 0 saturated heterocycles. The van der Waals surface area contributed by atoms with E-state index in [2.05, 4.69) is 12.6 Å². The van der Waals surface area contributed by atoms with Gasteiger partial charge in [-0.2, -0.15) is 0 Å². The van der Waals surface area contributed by atoms with Crippen molar-refractivity contribution in [1.29, 1.82) is 0 Å². The van der Waals surface area contributed by atoms with Crippen molar-refractivity contribution < 1.29 is 23.7 Å². The summed E-state index contributed by atoms with van der Waals surface area (Å²) in [5.41, 5.74) is 0. The number of rotatable bonds is 3. The average molecular weight is 346 g/mol. The maximum absolute atomic E-state index is 11.4. The smallest absolute Gasteiger partial charge is 0.255 e. The fraction of sp³-hybridized carbons (Fsp3) is 0.0769. The van der Waals surface area contributed by atoms with Crippen molar-refractivity contribution in [2.75, 3.05) is 6.26 Å². The van der Waals surface area contributed by atoms with Gasteiger partial charge in [0.05, 0.1) is 0 Å². The number of hydrogen-bond acceptors (Lipinski definition) is 3. The van der Waals surface area contributed by atoms with E-state index in [9.17, 15) is 4.21 Å². The molecule has 2 aromatic rings. The maximum Gasteiger partial charge on any atom is 2.00 e. The maximum atomic E-state index is 11.4. The Kier molecular flexibility index (Phi) is 6.64. The van der Waals surface area contributed by atoms with E-state index in [0.717, 1.165) is 19.6 Å². The largest absolute Gasteiger partial charge is 2.00 e. The van der Waals surface area contributed by atoms with Crippen molar-refractivity contribution in [2.45, 2.75) is 19.6 Å². The summed E-state index contributed by atoms with van der Waals surface area (Å²) in [4.78, 5) is 3.93. The molecule has 0 aliphatic rings. The molecule has 0 saturated carbocycles. The molecule has 0 radical (unpaired) electrons. The molecule has 0 aliphatic heterocycles. The summed E-state index contributed by atoms with van der Waals surface area (Å²) >= 11 is 6.06. The van der Waals surface area contributed by atoms with E-state index < -0.39 is 10.8 Å². The molecule has 1 atom stereocenters. The molecule has 1 unspecified atom stereocenters. The molecule has 2 rings (SSSR count). The van der Waals surface area contributed by atoms with Crippen LogP contribution >= 0.6 is 24.4 Å². The Balaban J connectivity index is 0.00000162. The third kappa shape index (κ3) is 4.23. The molecule has 0 spiro atoms. The van der Waals surface area contributed by atoms with Crippen LogP contribution < -0.4 is 0 Å². The van der Waals surface area contributed by atoms with Crippen LogP contribution in [0.1, 0.15) is 0 Å². The second-order valence-electron chi connectivity index (χ2n) is 3.50. The zero-order valence-electron chi connectivity index (χ0n) is 10.00. The quantitative estimate of drug-likeness (QED) is 0.672. The minimum atomic E-state index is -0.953. The summed E-state index contributed by atoms with van der Waals surface area (Å²) in [5.74, 6) is 0.